The van der Waals surface area contributed by atoms with Gasteiger partial charge in [-0.3, -0.25) is 9.89 Å². The molecule has 2 heterocycles. The van der Waals surface area contributed by atoms with Crippen molar-refractivity contribution in [2.45, 2.75) is 45.1 Å². The zero-order chi connectivity index (χ0) is 21.8. The molecule has 7 nitrogen and oxygen atoms in total. The molecule has 7 heteroatoms. The minimum atomic E-state index is -0.279. The van der Waals surface area contributed by atoms with Gasteiger partial charge in [0.1, 0.15) is 18.1 Å². The molecule has 2 N–H and O–H groups in total. The van der Waals surface area contributed by atoms with E-state index in [1.54, 1.807) is 0 Å². The third-order valence-electron chi connectivity index (χ3n) is 5.34. The van der Waals surface area contributed by atoms with E-state index in [4.69, 9.17) is 14.2 Å². The average Bonchev–Trinajstić information content (AvgIpc) is 3.40. The minimum Gasteiger partial charge on any atom is -0.491 e. The van der Waals surface area contributed by atoms with Gasteiger partial charge in [-0.2, -0.15) is 5.10 Å². The van der Waals surface area contributed by atoms with E-state index in [1.807, 2.05) is 42.5 Å². The van der Waals surface area contributed by atoms with Crippen LogP contribution in [0, 0.1) is 0 Å². The Hall–Kier alpha value is -3.06. The van der Waals surface area contributed by atoms with Crippen LogP contribution in [0.5, 0.6) is 11.5 Å². The van der Waals surface area contributed by atoms with Crippen molar-refractivity contribution in [1.82, 2.24) is 10.2 Å². The number of aromatic nitrogens is 2. The largest absolute Gasteiger partial charge is 0.491 e. The van der Waals surface area contributed by atoms with Gasteiger partial charge in [0.05, 0.1) is 11.6 Å². The maximum Gasteiger partial charge on any atom is 0.263 e. The molecule has 164 valence electrons. The van der Waals surface area contributed by atoms with E-state index in [9.17, 15) is 4.79 Å². The lowest BCUT2D eigenvalue weighted by atomic mass is 9.87. The summed E-state index contributed by atoms with van der Waals surface area (Å²) in [5.74, 6) is 1.54. The molecule has 4 rings (SSSR count). The highest BCUT2D eigenvalue weighted by molar-refractivity contribution is 6.00. The van der Waals surface area contributed by atoms with E-state index in [0.717, 1.165) is 36.1 Å². The molecule has 1 aliphatic rings. The second-order valence-corrected chi connectivity index (χ2v) is 8.84. The molecule has 0 bridgehead atoms. The van der Waals surface area contributed by atoms with Crippen LogP contribution < -0.4 is 14.8 Å². The van der Waals surface area contributed by atoms with Gasteiger partial charge in [0, 0.05) is 12.0 Å². The Morgan fingerprint density at radius 1 is 1.16 bits per heavy atom. The number of carbonyl (C=O) groups excluding carboxylic acids is 1. The maximum atomic E-state index is 12.4. The monoisotopic (exact) mass is 423 g/mol. The molecule has 3 aromatic rings. The van der Waals surface area contributed by atoms with Gasteiger partial charge in [-0.05, 0) is 54.2 Å². The normalized spacial score (nSPS) is 16.4. The van der Waals surface area contributed by atoms with E-state index in [0.29, 0.717) is 18.2 Å². The van der Waals surface area contributed by atoms with Crippen LogP contribution in [-0.2, 0) is 14.9 Å². The molecule has 1 atom stereocenters. The Morgan fingerprint density at radius 3 is 2.65 bits per heavy atom. The zero-order valence-electron chi connectivity index (χ0n) is 18.2. The first-order valence-electron chi connectivity index (χ1n) is 10.6. The molecule has 1 aliphatic heterocycles. The average molecular weight is 424 g/mol. The second kappa shape index (κ2) is 8.98. The molecule has 1 amide bonds. The Balaban J connectivity index is 1.35. The molecule has 0 aliphatic carbocycles. The van der Waals surface area contributed by atoms with E-state index < -0.39 is 0 Å². The molecule has 31 heavy (non-hydrogen) atoms. The summed E-state index contributed by atoms with van der Waals surface area (Å²) in [6.45, 7) is 7.69. The van der Waals surface area contributed by atoms with Crippen LogP contribution in [0.4, 0.5) is 5.82 Å². The van der Waals surface area contributed by atoms with Crippen LogP contribution in [0.2, 0.25) is 0 Å². The first-order chi connectivity index (χ1) is 14.9. The number of benzene rings is 2. The fourth-order valence-corrected chi connectivity index (χ4v) is 3.51. The summed E-state index contributed by atoms with van der Waals surface area (Å²) >= 11 is 0. The highest BCUT2D eigenvalue weighted by Crippen LogP contribution is 2.27. The number of hydrogen-bond donors (Lipinski definition) is 2. The Kier molecular flexibility index (Phi) is 6.13. The van der Waals surface area contributed by atoms with Crippen LogP contribution in [0.1, 0.15) is 39.2 Å². The smallest absolute Gasteiger partial charge is 0.263 e. The van der Waals surface area contributed by atoms with Crippen molar-refractivity contribution >= 4 is 22.6 Å². The number of nitrogens with one attached hydrogen (secondary N) is 2. The summed E-state index contributed by atoms with van der Waals surface area (Å²) in [6.07, 6.45) is 2.25. The summed E-state index contributed by atoms with van der Waals surface area (Å²) in [5, 5.41) is 10.7. The molecule has 1 unspecified atom stereocenters. The molecule has 0 spiro atoms. The number of nitrogens with zero attached hydrogens (tertiary/aromatic N) is 1. The third-order valence-corrected chi connectivity index (χ3v) is 5.34. The van der Waals surface area contributed by atoms with E-state index >= 15 is 0 Å². The lowest BCUT2D eigenvalue weighted by Crippen LogP contribution is -2.20. The van der Waals surface area contributed by atoms with Crippen molar-refractivity contribution < 1.29 is 19.0 Å². The molecule has 0 saturated carbocycles. The number of aromatic amines is 1. The highest BCUT2D eigenvalue weighted by Gasteiger charge is 2.17. The van der Waals surface area contributed by atoms with Gasteiger partial charge in [-0.25, -0.2) is 0 Å². The summed E-state index contributed by atoms with van der Waals surface area (Å²) in [7, 11) is 0. The van der Waals surface area contributed by atoms with Crippen LogP contribution in [0.25, 0.3) is 10.9 Å². The number of ether oxygens (including phenoxy) is 3. The predicted molar refractivity (Wildman–Crippen MR) is 120 cm³/mol. The van der Waals surface area contributed by atoms with Gasteiger partial charge >= 0.3 is 0 Å². The van der Waals surface area contributed by atoms with Gasteiger partial charge in [-0.1, -0.05) is 32.9 Å². The van der Waals surface area contributed by atoms with Crippen molar-refractivity contribution in [2.24, 2.45) is 0 Å². The molecular formula is C24H29N3O4. The topological polar surface area (TPSA) is 85.5 Å². The molecular weight excluding hydrogens is 394 g/mol. The summed E-state index contributed by atoms with van der Waals surface area (Å²) < 4.78 is 17.1. The van der Waals surface area contributed by atoms with E-state index in [1.165, 1.54) is 5.56 Å². The minimum absolute atomic E-state index is 0.0730. The van der Waals surface area contributed by atoms with Crippen molar-refractivity contribution in [3.63, 3.8) is 0 Å². The fourth-order valence-electron chi connectivity index (χ4n) is 3.51. The van der Waals surface area contributed by atoms with E-state index in [2.05, 4.69) is 36.3 Å². The molecule has 1 fully saturated rings. The van der Waals surface area contributed by atoms with Crippen molar-refractivity contribution in [2.75, 3.05) is 25.1 Å². The van der Waals surface area contributed by atoms with Crippen molar-refractivity contribution in [3.8, 4) is 11.5 Å². The standard InChI is InChI=1S/C24H29N3O4/c1-24(2,3)16-6-8-17(9-7-16)31-15-22(28)25-23-20-13-18(10-11-21(20)26-27-23)30-14-19-5-4-12-29-19/h6-11,13,19H,4-5,12,14-15H2,1-3H3,(H2,25,26,27,28). The highest BCUT2D eigenvalue weighted by atomic mass is 16.5. The number of carbonyl (C=O) groups is 1. The van der Waals surface area contributed by atoms with Gasteiger partial charge in [-0.15, -0.1) is 0 Å². The summed E-state index contributed by atoms with van der Waals surface area (Å²) in [6, 6.07) is 13.4. The number of fused-ring (bicyclic) bond motifs is 1. The SMILES string of the molecule is CC(C)(C)c1ccc(OCC(=O)Nc2n[nH]c3ccc(OCC4CCCO4)cc23)cc1. The number of hydrogen-bond acceptors (Lipinski definition) is 5. The predicted octanol–water partition coefficient (Wildman–Crippen LogP) is 4.44. The Labute approximate surface area is 182 Å². The van der Waals surface area contributed by atoms with Crippen LogP contribution in [0.15, 0.2) is 42.5 Å². The lowest BCUT2D eigenvalue weighted by Gasteiger charge is -2.19. The summed E-state index contributed by atoms with van der Waals surface area (Å²) in [5.41, 5.74) is 2.10. The number of rotatable bonds is 7. The Morgan fingerprint density at radius 2 is 1.94 bits per heavy atom. The van der Waals surface area contributed by atoms with Crippen LogP contribution >= 0.6 is 0 Å². The van der Waals surface area contributed by atoms with Crippen molar-refractivity contribution in [3.05, 3.63) is 48.0 Å². The van der Waals surface area contributed by atoms with Crippen LogP contribution in [-0.4, -0.2) is 42.0 Å². The second-order valence-electron chi connectivity index (χ2n) is 8.84. The molecule has 2 aromatic carbocycles. The molecule has 1 saturated heterocycles. The quantitative estimate of drug-likeness (QED) is 0.587. The molecule has 1 aromatic heterocycles. The number of H-pyrrole nitrogens is 1. The van der Waals surface area contributed by atoms with Crippen molar-refractivity contribution in [1.29, 1.82) is 0 Å². The Bertz CT molecular complexity index is 1030. The molecule has 0 radical (unpaired) electrons. The van der Waals surface area contributed by atoms with Gasteiger partial charge in [0.2, 0.25) is 0 Å². The first kappa shape index (κ1) is 21.2. The van der Waals surface area contributed by atoms with Gasteiger partial charge in [0.15, 0.2) is 12.4 Å². The first-order valence-corrected chi connectivity index (χ1v) is 10.6. The van der Waals surface area contributed by atoms with E-state index in [-0.39, 0.29) is 24.0 Å². The number of amides is 1. The third kappa shape index (κ3) is 5.35. The van der Waals surface area contributed by atoms with Gasteiger partial charge < -0.3 is 19.5 Å². The summed E-state index contributed by atoms with van der Waals surface area (Å²) in [4.78, 5) is 12.4. The number of anilines is 1. The maximum absolute atomic E-state index is 12.4. The fraction of sp³-hybridized carbons (Fsp3) is 0.417. The van der Waals surface area contributed by atoms with Gasteiger partial charge in [0.25, 0.3) is 5.91 Å². The zero-order valence-corrected chi connectivity index (χ0v) is 18.2. The van der Waals surface area contributed by atoms with Crippen LogP contribution in [0.3, 0.4) is 0 Å². The lowest BCUT2D eigenvalue weighted by molar-refractivity contribution is -0.118.